The summed E-state index contributed by atoms with van der Waals surface area (Å²) in [6.07, 6.45) is 1.75. The van der Waals surface area contributed by atoms with Crippen molar-refractivity contribution in [1.29, 1.82) is 0 Å². The van der Waals surface area contributed by atoms with Crippen molar-refractivity contribution >= 4 is 5.82 Å². The molecule has 8 nitrogen and oxygen atoms in total. The molecule has 2 aromatic heterocycles. The topological polar surface area (TPSA) is 89.2 Å². The van der Waals surface area contributed by atoms with Crippen molar-refractivity contribution in [1.82, 2.24) is 25.3 Å². The zero-order chi connectivity index (χ0) is 16.1. The van der Waals surface area contributed by atoms with E-state index in [4.69, 9.17) is 9.15 Å². The Hall–Kier alpha value is -2.06. The van der Waals surface area contributed by atoms with E-state index >= 15 is 0 Å². The van der Waals surface area contributed by atoms with Crippen LogP contribution in [0.1, 0.15) is 31.5 Å². The molecular weight excluding hydrogens is 296 g/mol. The smallest absolute Gasteiger partial charge is 0.230 e. The van der Waals surface area contributed by atoms with Crippen molar-refractivity contribution in [2.75, 3.05) is 31.6 Å². The first kappa shape index (κ1) is 15.8. The number of aromatic nitrogens is 4. The molecular formula is C15H22N6O2. The lowest BCUT2D eigenvalue weighted by Crippen LogP contribution is -2.44. The molecule has 1 fully saturated rings. The van der Waals surface area contributed by atoms with E-state index in [-0.39, 0.29) is 12.0 Å². The highest BCUT2D eigenvalue weighted by Gasteiger charge is 2.22. The molecule has 1 N–H and O–H groups in total. The van der Waals surface area contributed by atoms with Crippen LogP contribution < -0.4 is 5.32 Å². The number of morpholine rings is 1. The van der Waals surface area contributed by atoms with Gasteiger partial charge in [-0.1, -0.05) is 13.8 Å². The van der Waals surface area contributed by atoms with Gasteiger partial charge in [0, 0.05) is 31.7 Å². The van der Waals surface area contributed by atoms with Gasteiger partial charge in [-0.05, 0) is 12.1 Å². The van der Waals surface area contributed by atoms with E-state index < -0.39 is 0 Å². The van der Waals surface area contributed by atoms with Crippen molar-refractivity contribution in [2.24, 2.45) is 0 Å². The third-order valence-electron chi connectivity index (χ3n) is 3.64. The summed E-state index contributed by atoms with van der Waals surface area (Å²) in [6.45, 7) is 7.80. The maximum absolute atomic E-state index is 5.79. The van der Waals surface area contributed by atoms with Gasteiger partial charge in [-0.15, -0.1) is 15.3 Å². The standard InChI is InChI=1S/C15H22N6O2/c1-11(2)15-20-19-14(23-15)10-21-6-7-22-12(9-21)8-16-13-4-3-5-17-18-13/h3-5,11-12H,6-10H2,1-2H3,(H,16,18). The summed E-state index contributed by atoms with van der Waals surface area (Å²) in [5, 5.41) is 19.3. The fourth-order valence-corrected chi connectivity index (χ4v) is 2.42. The normalized spacial score (nSPS) is 19.2. The lowest BCUT2D eigenvalue weighted by molar-refractivity contribution is -0.0265. The van der Waals surface area contributed by atoms with E-state index in [0.717, 1.165) is 18.9 Å². The first-order valence-electron chi connectivity index (χ1n) is 7.88. The highest BCUT2D eigenvalue weighted by Crippen LogP contribution is 2.15. The third kappa shape index (κ3) is 4.46. The summed E-state index contributed by atoms with van der Waals surface area (Å²) in [5.74, 6) is 2.36. The molecule has 0 amide bonds. The maximum Gasteiger partial charge on any atom is 0.230 e. The second-order valence-corrected chi connectivity index (χ2v) is 5.91. The van der Waals surface area contributed by atoms with E-state index in [9.17, 15) is 0 Å². The Kier molecular flexibility index (Phi) is 5.14. The molecule has 0 aromatic carbocycles. The summed E-state index contributed by atoms with van der Waals surface area (Å²) < 4.78 is 11.5. The summed E-state index contributed by atoms with van der Waals surface area (Å²) in [7, 11) is 0. The fraction of sp³-hybridized carbons (Fsp3) is 0.600. The molecule has 8 heteroatoms. The van der Waals surface area contributed by atoms with E-state index in [2.05, 4.69) is 30.6 Å². The summed E-state index contributed by atoms with van der Waals surface area (Å²) in [4.78, 5) is 2.27. The summed E-state index contributed by atoms with van der Waals surface area (Å²) in [5.41, 5.74) is 0. The van der Waals surface area contributed by atoms with Crippen LogP contribution in [0.5, 0.6) is 0 Å². The number of rotatable bonds is 6. The van der Waals surface area contributed by atoms with Crippen molar-refractivity contribution in [3.8, 4) is 0 Å². The Morgan fingerprint density at radius 1 is 1.35 bits per heavy atom. The lowest BCUT2D eigenvalue weighted by atomic mass is 10.2. The molecule has 1 unspecified atom stereocenters. The zero-order valence-corrected chi connectivity index (χ0v) is 13.5. The van der Waals surface area contributed by atoms with E-state index in [1.807, 2.05) is 26.0 Å². The maximum atomic E-state index is 5.79. The molecule has 1 saturated heterocycles. The Morgan fingerprint density at radius 2 is 2.26 bits per heavy atom. The number of hydrogen-bond donors (Lipinski definition) is 1. The van der Waals surface area contributed by atoms with E-state index in [1.165, 1.54) is 0 Å². The van der Waals surface area contributed by atoms with Crippen molar-refractivity contribution in [3.05, 3.63) is 30.1 Å². The molecule has 0 radical (unpaired) electrons. The van der Waals surface area contributed by atoms with Crippen LogP contribution in [0.15, 0.2) is 22.7 Å². The van der Waals surface area contributed by atoms with Gasteiger partial charge in [-0.25, -0.2) is 0 Å². The molecule has 1 atom stereocenters. The van der Waals surface area contributed by atoms with Gasteiger partial charge in [-0.2, -0.15) is 5.10 Å². The van der Waals surface area contributed by atoms with Gasteiger partial charge in [0.1, 0.15) is 5.82 Å². The van der Waals surface area contributed by atoms with Crippen LogP contribution in [0.4, 0.5) is 5.82 Å². The van der Waals surface area contributed by atoms with Crippen molar-refractivity contribution in [2.45, 2.75) is 32.4 Å². The van der Waals surface area contributed by atoms with Gasteiger partial charge in [0.25, 0.3) is 0 Å². The van der Waals surface area contributed by atoms with Crippen LogP contribution in [0, 0.1) is 0 Å². The molecule has 0 bridgehead atoms. The molecule has 124 valence electrons. The number of nitrogens with zero attached hydrogens (tertiary/aromatic N) is 5. The van der Waals surface area contributed by atoms with Crippen molar-refractivity contribution in [3.63, 3.8) is 0 Å². The Bertz CT molecular complexity index is 603. The molecule has 3 rings (SSSR count). The minimum absolute atomic E-state index is 0.0956. The number of ether oxygens (including phenoxy) is 1. The second kappa shape index (κ2) is 7.47. The van der Waals surface area contributed by atoms with Gasteiger partial charge in [-0.3, -0.25) is 4.90 Å². The molecule has 0 spiro atoms. The molecule has 1 aliphatic heterocycles. The SMILES string of the molecule is CC(C)c1nnc(CN2CCOC(CNc3cccnn3)C2)o1. The van der Waals surface area contributed by atoms with Crippen LogP contribution in [-0.4, -0.2) is 57.6 Å². The first-order chi connectivity index (χ1) is 11.2. The number of anilines is 1. The van der Waals surface area contributed by atoms with E-state index in [1.54, 1.807) is 6.20 Å². The number of hydrogen-bond acceptors (Lipinski definition) is 8. The molecule has 2 aromatic rings. The lowest BCUT2D eigenvalue weighted by Gasteiger charge is -2.32. The average molecular weight is 318 g/mol. The molecule has 23 heavy (non-hydrogen) atoms. The van der Waals surface area contributed by atoms with Crippen LogP contribution in [0.25, 0.3) is 0 Å². The third-order valence-corrected chi connectivity index (χ3v) is 3.64. The van der Waals surface area contributed by atoms with Gasteiger partial charge in [0.2, 0.25) is 11.8 Å². The Labute approximate surface area is 135 Å². The fourth-order valence-electron chi connectivity index (χ4n) is 2.42. The zero-order valence-electron chi connectivity index (χ0n) is 13.5. The van der Waals surface area contributed by atoms with Crippen LogP contribution >= 0.6 is 0 Å². The van der Waals surface area contributed by atoms with Gasteiger partial charge >= 0.3 is 0 Å². The Morgan fingerprint density at radius 3 is 3.00 bits per heavy atom. The predicted molar refractivity (Wildman–Crippen MR) is 83.9 cm³/mol. The summed E-state index contributed by atoms with van der Waals surface area (Å²) >= 11 is 0. The average Bonchev–Trinajstić information content (AvgIpc) is 3.03. The molecule has 3 heterocycles. The van der Waals surface area contributed by atoms with Crippen LogP contribution in [0.2, 0.25) is 0 Å². The first-order valence-corrected chi connectivity index (χ1v) is 7.88. The monoisotopic (exact) mass is 318 g/mol. The molecule has 0 saturated carbocycles. The van der Waals surface area contributed by atoms with Gasteiger partial charge in [0.15, 0.2) is 0 Å². The van der Waals surface area contributed by atoms with Crippen LogP contribution in [0.3, 0.4) is 0 Å². The second-order valence-electron chi connectivity index (χ2n) is 5.91. The minimum Gasteiger partial charge on any atom is -0.424 e. The highest BCUT2D eigenvalue weighted by atomic mass is 16.5. The van der Waals surface area contributed by atoms with E-state index in [0.29, 0.717) is 31.5 Å². The quantitative estimate of drug-likeness (QED) is 0.852. The minimum atomic E-state index is 0.0956. The summed E-state index contributed by atoms with van der Waals surface area (Å²) in [6, 6.07) is 3.74. The van der Waals surface area contributed by atoms with Gasteiger partial charge < -0.3 is 14.5 Å². The molecule has 0 aliphatic carbocycles. The van der Waals surface area contributed by atoms with Crippen LogP contribution in [-0.2, 0) is 11.3 Å². The molecule has 1 aliphatic rings. The Balaban J connectivity index is 1.49. The highest BCUT2D eigenvalue weighted by molar-refractivity contribution is 5.31. The largest absolute Gasteiger partial charge is 0.424 e. The van der Waals surface area contributed by atoms with Gasteiger partial charge in [0.05, 0.1) is 19.3 Å². The number of nitrogens with one attached hydrogen (secondary N) is 1. The van der Waals surface area contributed by atoms with Crippen molar-refractivity contribution < 1.29 is 9.15 Å². The predicted octanol–water partition coefficient (Wildman–Crippen LogP) is 1.30.